The lowest BCUT2D eigenvalue weighted by Crippen LogP contribution is -2.17. The molecule has 1 fully saturated rings. The molecule has 0 unspecified atom stereocenters. The van der Waals surface area contributed by atoms with Gasteiger partial charge in [0.15, 0.2) is 11.6 Å². The number of ether oxygens (including phenoxy) is 1. The van der Waals surface area contributed by atoms with Crippen molar-refractivity contribution in [1.29, 1.82) is 0 Å². The molecule has 0 spiro atoms. The average Bonchev–Trinajstić information content (AvgIpc) is 3.21. The second-order valence-electron chi connectivity index (χ2n) is 7.22. The zero-order chi connectivity index (χ0) is 19.4. The molecule has 0 aliphatic carbocycles. The molecule has 1 aliphatic rings. The van der Waals surface area contributed by atoms with Crippen LogP contribution in [0.15, 0.2) is 36.5 Å². The summed E-state index contributed by atoms with van der Waals surface area (Å²) in [5.41, 5.74) is 3.81. The Balaban J connectivity index is 1.85. The summed E-state index contributed by atoms with van der Waals surface area (Å²) in [7, 11) is 1.92. The molecule has 0 atom stereocenters. The topological polar surface area (TPSA) is 32.0 Å². The van der Waals surface area contributed by atoms with E-state index in [-0.39, 0.29) is 0 Å². The van der Waals surface area contributed by atoms with Gasteiger partial charge in [-0.1, -0.05) is 0 Å². The monoisotopic (exact) mass is 493 g/mol. The number of rotatable bonds is 2. The minimum Gasteiger partial charge on any atom is -0.381 e. The van der Waals surface area contributed by atoms with Crippen molar-refractivity contribution in [3.63, 3.8) is 0 Å². The number of benzene rings is 2. The molecule has 4 aromatic rings. The minimum absolute atomic E-state index is 0.308. The van der Waals surface area contributed by atoms with Gasteiger partial charge in [-0.25, -0.2) is 8.78 Å². The Morgan fingerprint density at radius 3 is 2.61 bits per heavy atom. The first-order valence-electron chi connectivity index (χ1n) is 9.23. The Morgan fingerprint density at radius 1 is 1.07 bits per heavy atom. The largest absolute Gasteiger partial charge is 0.381 e. The molecular formula is C21H18F2IN3O. The third-order valence-electron chi connectivity index (χ3n) is 5.58. The van der Waals surface area contributed by atoms with Crippen LogP contribution in [0.1, 0.15) is 24.5 Å². The molecule has 0 bridgehead atoms. The molecule has 7 heteroatoms. The Morgan fingerprint density at radius 2 is 1.86 bits per heavy atom. The summed E-state index contributed by atoms with van der Waals surface area (Å²) in [4.78, 5) is 0. The van der Waals surface area contributed by atoms with Crippen LogP contribution in [0.4, 0.5) is 8.78 Å². The van der Waals surface area contributed by atoms with Gasteiger partial charge in [-0.3, -0.25) is 4.68 Å². The average molecular weight is 493 g/mol. The van der Waals surface area contributed by atoms with E-state index in [4.69, 9.17) is 4.74 Å². The van der Waals surface area contributed by atoms with E-state index in [2.05, 4.69) is 44.4 Å². The fourth-order valence-corrected chi connectivity index (χ4v) is 5.26. The number of aryl methyl sites for hydroxylation is 1. The molecule has 0 saturated carbocycles. The summed E-state index contributed by atoms with van der Waals surface area (Å²) in [5.74, 6) is -1.37. The first-order chi connectivity index (χ1) is 13.5. The van der Waals surface area contributed by atoms with Crippen LogP contribution in [0.2, 0.25) is 0 Å². The first kappa shape index (κ1) is 18.1. The molecule has 1 saturated heterocycles. The predicted molar refractivity (Wildman–Crippen MR) is 113 cm³/mol. The standard InChI is InChI=1S/C21H18F2IN3O/c1-26-18-10-15-19(8-13(18)11-25-26)27(14-2-3-16(22)17(23)9-14)21(20(15)24)12-4-6-28-7-5-12/h2-3,8-12H,4-7H2,1H3. The summed E-state index contributed by atoms with van der Waals surface area (Å²) in [6.45, 7) is 1.43. The molecule has 1 aliphatic heterocycles. The van der Waals surface area contributed by atoms with Crippen LogP contribution >= 0.6 is 22.6 Å². The van der Waals surface area contributed by atoms with Crippen molar-refractivity contribution >= 4 is 44.4 Å². The predicted octanol–water partition coefficient (Wildman–Crippen LogP) is 5.29. The van der Waals surface area contributed by atoms with E-state index < -0.39 is 11.6 Å². The second-order valence-corrected chi connectivity index (χ2v) is 8.29. The fraction of sp³-hybridized carbons (Fsp3) is 0.286. The maximum atomic E-state index is 14.1. The minimum atomic E-state index is -0.838. The SMILES string of the molecule is Cn1ncc2cc3c(cc21)c(I)c(C1CCOCC1)n3-c1ccc(F)c(F)c1. The van der Waals surface area contributed by atoms with Crippen LogP contribution in [-0.4, -0.2) is 27.6 Å². The molecule has 4 nitrogen and oxygen atoms in total. The zero-order valence-electron chi connectivity index (χ0n) is 15.3. The van der Waals surface area contributed by atoms with Crippen molar-refractivity contribution in [1.82, 2.24) is 14.3 Å². The van der Waals surface area contributed by atoms with Crippen molar-refractivity contribution in [3.05, 3.63) is 57.4 Å². The highest BCUT2D eigenvalue weighted by Gasteiger charge is 2.27. The Labute approximate surface area is 174 Å². The molecule has 3 heterocycles. The molecule has 0 radical (unpaired) electrons. The number of aromatic nitrogens is 3. The van der Waals surface area contributed by atoms with Crippen molar-refractivity contribution in [2.45, 2.75) is 18.8 Å². The Kier molecular flexibility index (Phi) is 4.39. The van der Waals surface area contributed by atoms with Gasteiger partial charge in [0.05, 0.1) is 17.2 Å². The molecular weight excluding hydrogens is 475 g/mol. The van der Waals surface area contributed by atoms with Crippen molar-refractivity contribution in [2.24, 2.45) is 7.05 Å². The highest BCUT2D eigenvalue weighted by atomic mass is 127. The molecule has 2 aromatic carbocycles. The lowest BCUT2D eigenvalue weighted by Gasteiger charge is -2.24. The van der Waals surface area contributed by atoms with Gasteiger partial charge in [0.1, 0.15) is 0 Å². The van der Waals surface area contributed by atoms with E-state index in [0.717, 1.165) is 43.9 Å². The lowest BCUT2D eigenvalue weighted by molar-refractivity contribution is 0.0841. The summed E-state index contributed by atoms with van der Waals surface area (Å²) in [6.07, 6.45) is 3.66. The van der Waals surface area contributed by atoms with Gasteiger partial charge in [0.25, 0.3) is 0 Å². The van der Waals surface area contributed by atoms with E-state index in [0.29, 0.717) is 24.8 Å². The number of hydrogen-bond donors (Lipinski definition) is 0. The number of nitrogens with zero attached hydrogens (tertiary/aromatic N) is 3. The second kappa shape index (κ2) is 6.81. The van der Waals surface area contributed by atoms with E-state index in [9.17, 15) is 8.78 Å². The Bertz CT molecular complexity index is 1210. The highest BCUT2D eigenvalue weighted by Crippen LogP contribution is 2.40. The van der Waals surface area contributed by atoms with Crippen LogP contribution in [-0.2, 0) is 11.8 Å². The quantitative estimate of drug-likeness (QED) is 0.356. The fourth-order valence-electron chi connectivity index (χ4n) is 4.15. The van der Waals surface area contributed by atoms with Crippen molar-refractivity contribution < 1.29 is 13.5 Å². The molecule has 0 N–H and O–H groups in total. The van der Waals surface area contributed by atoms with Crippen molar-refractivity contribution in [3.8, 4) is 5.69 Å². The first-order valence-corrected chi connectivity index (χ1v) is 10.3. The van der Waals surface area contributed by atoms with Crippen LogP contribution < -0.4 is 0 Å². The van der Waals surface area contributed by atoms with Gasteiger partial charge >= 0.3 is 0 Å². The van der Waals surface area contributed by atoms with Gasteiger partial charge in [-0.05, 0) is 59.7 Å². The van der Waals surface area contributed by atoms with E-state index in [1.165, 1.54) is 12.1 Å². The summed E-state index contributed by atoms with van der Waals surface area (Å²) in [6, 6.07) is 8.34. The maximum Gasteiger partial charge on any atom is 0.160 e. The molecule has 144 valence electrons. The van der Waals surface area contributed by atoms with Gasteiger partial charge in [-0.2, -0.15) is 5.10 Å². The third-order valence-corrected chi connectivity index (χ3v) is 6.71. The number of hydrogen-bond acceptors (Lipinski definition) is 2. The summed E-state index contributed by atoms with van der Waals surface area (Å²) in [5, 5.41) is 6.47. The van der Waals surface area contributed by atoms with E-state index in [1.54, 1.807) is 6.07 Å². The van der Waals surface area contributed by atoms with Gasteiger partial charge in [-0.15, -0.1) is 0 Å². The highest BCUT2D eigenvalue weighted by molar-refractivity contribution is 14.1. The van der Waals surface area contributed by atoms with Crippen LogP contribution in [0.25, 0.3) is 27.5 Å². The van der Waals surface area contributed by atoms with Crippen molar-refractivity contribution in [2.75, 3.05) is 13.2 Å². The molecule has 28 heavy (non-hydrogen) atoms. The summed E-state index contributed by atoms with van der Waals surface area (Å²) >= 11 is 2.39. The van der Waals surface area contributed by atoms with E-state index >= 15 is 0 Å². The van der Waals surface area contributed by atoms with Crippen LogP contribution in [0, 0.1) is 15.2 Å². The maximum absolute atomic E-state index is 14.1. The molecule has 2 aromatic heterocycles. The molecule has 5 rings (SSSR count). The third kappa shape index (κ3) is 2.75. The number of halogens is 3. The molecule has 0 amide bonds. The van der Waals surface area contributed by atoms with E-state index in [1.807, 2.05) is 17.9 Å². The lowest BCUT2D eigenvalue weighted by atomic mass is 9.96. The van der Waals surface area contributed by atoms with Gasteiger partial charge < -0.3 is 9.30 Å². The van der Waals surface area contributed by atoms with Gasteiger partial charge in [0.2, 0.25) is 0 Å². The van der Waals surface area contributed by atoms with Crippen LogP contribution in [0.3, 0.4) is 0 Å². The smallest absolute Gasteiger partial charge is 0.160 e. The van der Waals surface area contributed by atoms with Gasteiger partial charge in [0, 0.05) is 58.0 Å². The summed E-state index contributed by atoms with van der Waals surface area (Å²) < 4.78 is 38.3. The van der Waals surface area contributed by atoms with Crippen LogP contribution in [0.5, 0.6) is 0 Å². The number of fused-ring (bicyclic) bond motifs is 2. The zero-order valence-corrected chi connectivity index (χ0v) is 17.4. The normalized spacial score (nSPS) is 15.7. The Hall–Kier alpha value is -2.00.